The average molecular weight is 410 g/mol. The number of para-hydroxylation sites is 2. The van der Waals surface area contributed by atoms with Gasteiger partial charge in [0, 0.05) is 30.5 Å². The fourth-order valence-corrected chi connectivity index (χ4v) is 5.09. The van der Waals surface area contributed by atoms with Gasteiger partial charge in [0.25, 0.3) is 0 Å². The molecule has 0 aliphatic carbocycles. The smallest absolute Gasteiger partial charge is 0.155 e. The Hall–Kier alpha value is -2.31. The van der Waals surface area contributed by atoms with Crippen molar-refractivity contribution < 1.29 is 4.74 Å². The van der Waals surface area contributed by atoms with E-state index in [1.807, 2.05) is 30.5 Å². The van der Waals surface area contributed by atoms with Crippen LogP contribution in [-0.2, 0) is 0 Å². The van der Waals surface area contributed by atoms with Gasteiger partial charge in [-0.3, -0.25) is 9.29 Å². The molecule has 4 rings (SSSR count). The van der Waals surface area contributed by atoms with Crippen LogP contribution in [0.4, 0.5) is 11.4 Å². The van der Waals surface area contributed by atoms with Gasteiger partial charge in [-0.05, 0) is 37.3 Å². The summed E-state index contributed by atoms with van der Waals surface area (Å²) in [5.74, 6) is 0.839. The zero-order chi connectivity index (χ0) is 19.5. The van der Waals surface area contributed by atoms with Gasteiger partial charge in [0.2, 0.25) is 0 Å². The molecule has 2 atom stereocenters. The van der Waals surface area contributed by atoms with E-state index in [9.17, 15) is 0 Å². The summed E-state index contributed by atoms with van der Waals surface area (Å²) in [6.07, 6.45) is 3.97. The van der Waals surface area contributed by atoms with Crippen molar-refractivity contribution in [3.8, 4) is 5.75 Å². The van der Waals surface area contributed by atoms with Crippen LogP contribution in [0.15, 0.2) is 77.8 Å². The van der Waals surface area contributed by atoms with E-state index in [1.165, 1.54) is 16.3 Å². The summed E-state index contributed by atoms with van der Waals surface area (Å²) < 4.78 is 8.47. The van der Waals surface area contributed by atoms with E-state index in [2.05, 4.69) is 76.9 Å². The molecule has 28 heavy (non-hydrogen) atoms. The Kier molecular flexibility index (Phi) is 5.69. The average Bonchev–Trinajstić information content (AvgIpc) is 3.01. The predicted octanol–water partition coefficient (Wildman–Crippen LogP) is 5.83. The molecule has 0 saturated heterocycles. The Morgan fingerprint density at radius 2 is 1.71 bits per heavy atom. The van der Waals surface area contributed by atoms with Crippen molar-refractivity contribution in [1.29, 1.82) is 0 Å². The Labute approximate surface area is 175 Å². The first kappa shape index (κ1) is 19.0. The van der Waals surface area contributed by atoms with E-state index >= 15 is 0 Å². The number of benzene rings is 2. The Bertz CT molecular complexity index is 938. The van der Waals surface area contributed by atoms with Gasteiger partial charge in [0.1, 0.15) is 11.2 Å². The molecule has 0 fully saturated rings. The highest BCUT2D eigenvalue weighted by Crippen LogP contribution is 2.47. The minimum atomic E-state index is 0.00723. The topological polar surface area (TPSA) is 28.6 Å². The van der Waals surface area contributed by atoms with Crippen LogP contribution in [-0.4, -0.2) is 23.7 Å². The van der Waals surface area contributed by atoms with Crippen molar-refractivity contribution in [2.75, 3.05) is 22.5 Å². The second-order valence-electron chi connectivity index (χ2n) is 6.51. The number of ether oxygens (including phenoxy) is 1. The fraction of sp³-hybridized carbons (Fsp3) is 0.227. The highest BCUT2D eigenvalue weighted by atomic mass is 32.2. The van der Waals surface area contributed by atoms with Crippen LogP contribution in [0.3, 0.4) is 0 Å². The monoisotopic (exact) mass is 409 g/mol. The molecule has 6 heteroatoms. The standard InChI is InChI=1S/C22H23N3OS2/c1-16(28-18-9-5-4-6-10-18)26-17-13-14-23-19(15-17)22-24(2)20-11-7-8-12-21(20)25(22)27-3/h4-16,22H,1-3H3. The number of fused-ring (bicyclic) bond motifs is 1. The van der Waals surface area contributed by atoms with Crippen LogP contribution >= 0.6 is 23.7 Å². The van der Waals surface area contributed by atoms with Crippen LogP contribution in [0.1, 0.15) is 18.8 Å². The quantitative estimate of drug-likeness (QED) is 0.289. The number of aromatic nitrogens is 1. The molecule has 1 aliphatic heterocycles. The minimum Gasteiger partial charge on any atom is -0.480 e. The number of thioether (sulfide) groups is 1. The maximum absolute atomic E-state index is 6.18. The van der Waals surface area contributed by atoms with Crippen LogP contribution in [0.25, 0.3) is 0 Å². The number of hydrogen-bond donors (Lipinski definition) is 0. The molecule has 3 aromatic rings. The lowest BCUT2D eigenvalue weighted by atomic mass is 10.2. The molecular weight excluding hydrogens is 386 g/mol. The molecule has 1 aromatic heterocycles. The van der Waals surface area contributed by atoms with Gasteiger partial charge < -0.3 is 9.64 Å². The second-order valence-corrected chi connectivity index (χ2v) is 8.64. The molecule has 0 saturated carbocycles. The first-order chi connectivity index (χ1) is 13.7. The third kappa shape index (κ3) is 3.80. The zero-order valence-corrected chi connectivity index (χ0v) is 17.8. The van der Waals surface area contributed by atoms with Crippen molar-refractivity contribution in [3.63, 3.8) is 0 Å². The molecule has 2 unspecified atom stereocenters. The van der Waals surface area contributed by atoms with E-state index in [0.29, 0.717) is 0 Å². The minimum absolute atomic E-state index is 0.00723. The lowest BCUT2D eigenvalue weighted by Crippen LogP contribution is -2.29. The van der Waals surface area contributed by atoms with E-state index in [1.54, 1.807) is 23.7 Å². The van der Waals surface area contributed by atoms with Crippen molar-refractivity contribution in [3.05, 3.63) is 78.6 Å². The van der Waals surface area contributed by atoms with E-state index in [4.69, 9.17) is 4.74 Å². The number of pyridine rings is 1. The lowest BCUT2D eigenvalue weighted by Gasteiger charge is -2.28. The van der Waals surface area contributed by atoms with Crippen LogP contribution in [0.2, 0.25) is 0 Å². The molecule has 1 aliphatic rings. The van der Waals surface area contributed by atoms with Crippen LogP contribution < -0.4 is 13.9 Å². The molecule has 0 spiro atoms. The van der Waals surface area contributed by atoms with Crippen molar-refractivity contribution in [1.82, 2.24) is 4.98 Å². The Morgan fingerprint density at radius 1 is 1.00 bits per heavy atom. The normalized spacial score (nSPS) is 16.8. The van der Waals surface area contributed by atoms with E-state index < -0.39 is 0 Å². The van der Waals surface area contributed by atoms with Crippen LogP contribution in [0, 0.1) is 0 Å². The van der Waals surface area contributed by atoms with Gasteiger partial charge in [0.05, 0.1) is 17.1 Å². The molecule has 2 aromatic carbocycles. The third-order valence-corrected chi connectivity index (χ3v) is 6.41. The predicted molar refractivity (Wildman–Crippen MR) is 120 cm³/mol. The summed E-state index contributed by atoms with van der Waals surface area (Å²) in [5.41, 5.74) is 3.40. The molecule has 144 valence electrons. The van der Waals surface area contributed by atoms with E-state index in [0.717, 1.165) is 11.4 Å². The van der Waals surface area contributed by atoms with Gasteiger partial charge in [-0.25, -0.2) is 0 Å². The summed E-state index contributed by atoms with van der Waals surface area (Å²) in [7, 11) is 2.11. The largest absolute Gasteiger partial charge is 0.480 e. The lowest BCUT2D eigenvalue weighted by molar-refractivity contribution is 0.307. The Morgan fingerprint density at radius 3 is 2.46 bits per heavy atom. The molecule has 0 amide bonds. The molecule has 0 radical (unpaired) electrons. The number of hydrogen-bond acceptors (Lipinski definition) is 6. The summed E-state index contributed by atoms with van der Waals surface area (Å²) >= 11 is 3.41. The van der Waals surface area contributed by atoms with Gasteiger partial charge in [-0.15, -0.1) is 0 Å². The number of anilines is 2. The summed E-state index contributed by atoms with van der Waals surface area (Å²) in [5, 5.41) is 0. The molecule has 4 nitrogen and oxygen atoms in total. The maximum Gasteiger partial charge on any atom is 0.155 e. The van der Waals surface area contributed by atoms with E-state index in [-0.39, 0.29) is 11.6 Å². The molecular formula is C22H23N3OS2. The van der Waals surface area contributed by atoms with Gasteiger partial charge >= 0.3 is 0 Å². The van der Waals surface area contributed by atoms with Crippen LogP contribution in [0.5, 0.6) is 5.75 Å². The highest BCUT2D eigenvalue weighted by Gasteiger charge is 2.35. The third-order valence-electron chi connectivity index (χ3n) is 4.65. The first-order valence-corrected chi connectivity index (χ1v) is 11.2. The van der Waals surface area contributed by atoms with Crippen molar-refractivity contribution >= 4 is 35.1 Å². The van der Waals surface area contributed by atoms with Crippen molar-refractivity contribution in [2.45, 2.75) is 23.4 Å². The molecule has 0 bridgehead atoms. The second kappa shape index (κ2) is 8.37. The Balaban J connectivity index is 1.54. The molecule has 2 heterocycles. The zero-order valence-electron chi connectivity index (χ0n) is 16.1. The summed E-state index contributed by atoms with van der Waals surface area (Å²) in [6.45, 7) is 2.07. The SMILES string of the molecule is CSN1c2ccccc2N(C)C1c1cc(OC(C)Sc2ccccc2)ccn1. The fourth-order valence-electron chi connectivity index (χ4n) is 3.44. The first-order valence-electron chi connectivity index (χ1n) is 9.17. The highest BCUT2D eigenvalue weighted by molar-refractivity contribution is 8.00. The van der Waals surface area contributed by atoms with Gasteiger partial charge in [0.15, 0.2) is 6.17 Å². The molecule has 0 N–H and O–H groups in total. The maximum atomic E-state index is 6.18. The van der Waals surface area contributed by atoms with Gasteiger partial charge in [-0.2, -0.15) is 0 Å². The summed E-state index contributed by atoms with van der Waals surface area (Å²) in [4.78, 5) is 8.12. The number of rotatable bonds is 6. The van der Waals surface area contributed by atoms with Crippen molar-refractivity contribution in [2.24, 2.45) is 0 Å². The summed E-state index contributed by atoms with van der Waals surface area (Å²) in [6, 6.07) is 22.8. The van der Waals surface area contributed by atoms with Gasteiger partial charge in [-0.1, -0.05) is 54.0 Å². The number of nitrogens with zero attached hydrogens (tertiary/aromatic N) is 3.